The molecule has 12 rings (SSSR count). The van der Waals surface area contributed by atoms with Crippen LogP contribution in [0.15, 0.2) is 185 Å². The fourth-order valence-electron chi connectivity index (χ4n) is 8.67. The van der Waals surface area contributed by atoms with Crippen LogP contribution in [0.4, 0.5) is 5.69 Å². The van der Waals surface area contributed by atoms with E-state index in [1.165, 1.54) is 64.2 Å². The molecule has 1 aliphatic rings. The number of aliphatic imine (C=N–C) groups is 1. The van der Waals surface area contributed by atoms with Crippen molar-refractivity contribution in [3.63, 3.8) is 0 Å². The standard InChI is InChI=1S/C50H31N3OS/c1-3-11-30(12-4-1)33-21-25-41-40(27-33)46-36-16-8-7-13-31(36)20-26-42(46)53(41)35-22-24-38-37-23-19-34(28-43(37)54-44(38)29-35)50-51-47(32-14-5-2-6-15-32)49-48(52-50)39-17-9-10-18-45(39)55-49/h1-29,47H,(H,51,52). The molecule has 55 heavy (non-hydrogen) atoms. The highest BCUT2D eigenvalue weighted by molar-refractivity contribution is 7.19. The Hall–Kier alpha value is -6.95. The van der Waals surface area contributed by atoms with Crippen molar-refractivity contribution in [1.82, 2.24) is 9.88 Å². The van der Waals surface area contributed by atoms with E-state index in [-0.39, 0.29) is 6.04 Å². The van der Waals surface area contributed by atoms with E-state index >= 15 is 0 Å². The van der Waals surface area contributed by atoms with Gasteiger partial charge in [-0.05, 0) is 76.0 Å². The van der Waals surface area contributed by atoms with Crippen molar-refractivity contribution in [1.29, 1.82) is 0 Å². The van der Waals surface area contributed by atoms with Crippen LogP contribution in [0.1, 0.15) is 22.0 Å². The van der Waals surface area contributed by atoms with Gasteiger partial charge in [0, 0.05) is 48.9 Å². The molecule has 1 unspecified atom stereocenters. The molecule has 0 aliphatic carbocycles. The minimum atomic E-state index is 0.00198. The molecule has 11 aromatic rings. The van der Waals surface area contributed by atoms with Crippen LogP contribution >= 0.6 is 11.3 Å². The summed E-state index contributed by atoms with van der Waals surface area (Å²) in [6.07, 6.45) is 0. The first kappa shape index (κ1) is 30.5. The Morgan fingerprint density at radius 2 is 1.24 bits per heavy atom. The van der Waals surface area contributed by atoms with Gasteiger partial charge < -0.3 is 14.3 Å². The zero-order valence-corrected chi connectivity index (χ0v) is 30.3. The minimum Gasteiger partial charge on any atom is -0.456 e. The SMILES string of the molecule is c1ccc(-c2ccc3c(c2)c2c4ccccc4ccc2n3-c2ccc3c(c2)oc2cc(C4=Nc5c(sc6ccccc56)C(c5ccccc5)N4)ccc23)cc1. The molecule has 0 spiro atoms. The van der Waals surface area contributed by atoms with Crippen molar-refractivity contribution >= 4 is 87.5 Å². The van der Waals surface area contributed by atoms with E-state index in [9.17, 15) is 0 Å². The Morgan fingerprint density at radius 1 is 0.527 bits per heavy atom. The maximum absolute atomic E-state index is 6.74. The Bertz CT molecular complexity index is 3350. The summed E-state index contributed by atoms with van der Waals surface area (Å²) in [6, 6.07) is 63.0. The number of aromatic nitrogens is 1. The van der Waals surface area contributed by atoms with Crippen molar-refractivity contribution in [2.75, 3.05) is 0 Å². The fourth-order valence-corrected chi connectivity index (χ4v) is 9.89. The van der Waals surface area contributed by atoms with Crippen LogP contribution in [0.3, 0.4) is 0 Å². The number of benzene rings is 8. The van der Waals surface area contributed by atoms with Crippen LogP contribution in [0.2, 0.25) is 0 Å². The summed E-state index contributed by atoms with van der Waals surface area (Å²) in [7, 11) is 0. The summed E-state index contributed by atoms with van der Waals surface area (Å²) >= 11 is 1.82. The molecule has 1 atom stereocenters. The topological polar surface area (TPSA) is 42.5 Å². The van der Waals surface area contributed by atoms with Crippen LogP contribution in [0.25, 0.3) is 81.4 Å². The molecule has 0 bridgehead atoms. The summed E-state index contributed by atoms with van der Waals surface area (Å²) in [5, 5.41) is 12.2. The van der Waals surface area contributed by atoms with Gasteiger partial charge in [-0.2, -0.15) is 0 Å². The first-order chi connectivity index (χ1) is 27.2. The Kier molecular flexibility index (Phi) is 6.53. The molecule has 8 aromatic carbocycles. The molecule has 0 amide bonds. The molecule has 4 heterocycles. The van der Waals surface area contributed by atoms with Crippen molar-refractivity contribution < 1.29 is 4.42 Å². The monoisotopic (exact) mass is 721 g/mol. The van der Waals surface area contributed by atoms with Gasteiger partial charge in [0.25, 0.3) is 0 Å². The second-order valence-corrected chi connectivity index (χ2v) is 15.5. The molecule has 1 aliphatic heterocycles. The van der Waals surface area contributed by atoms with Gasteiger partial charge in [0.15, 0.2) is 0 Å². The highest BCUT2D eigenvalue weighted by Gasteiger charge is 2.28. The second kappa shape index (κ2) is 11.8. The number of fused-ring (bicyclic) bond motifs is 11. The summed E-state index contributed by atoms with van der Waals surface area (Å²) in [4.78, 5) is 6.50. The van der Waals surface area contributed by atoms with E-state index in [4.69, 9.17) is 9.41 Å². The lowest BCUT2D eigenvalue weighted by Crippen LogP contribution is -2.32. The predicted octanol–water partition coefficient (Wildman–Crippen LogP) is 13.5. The van der Waals surface area contributed by atoms with Gasteiger partial charge in [-0.3, -0.25) is 0 Å². The summed E-state index contributed by atoms with van der Waals surface area (Å²) in [5.41, 5.74) is 10.8. The third kappa shape index (κ3) is 4.67. The smallest absolute Gasteiger partial charge is 0.137 e. The minimum absolute atomic E-state index is 0.00198. The summed E-state index contributed by atoms with van der Waals surface area (Å²) in [5.74, 6) is 0.848. The quantitative estimate of drug-likeness (QED) is 0.197. The molecule has 5 heteroatoms. The van der Waals surface area contributed by atoms with E-state index < -0.39 is 0 Å². The lowest BCUT2D eigenvalue weighted by molar-refractivity contribution is 0.668. The Balaban J connectivity index is 1.01. The highest BCUT2D eigenvalue weighted by Crippen LogP contribution is 2.46. The zero-order valence-electron chi connectivity index (χ0n) is 29.5. The van der Waals surface area contributed by atoms with E-state index in [1.807, 2.05) is 11.3 Å². The molecule has 0 radical (unpaired) electrons. The van der Waals surface area contributed by atoms with E-state index in [2.05, 4.69) is 186 Å². The number of hydrogen-bond acceptors (Lipinski definition) is 4. The average molecular weight is 722 g/mol. The number of thiophene rings is 1. The first-order valence-electron chi connectivity index (χ1n) is 18.7. The van der Waals surface area contributed by atoms with Crippen LogP contribution in [-0.4, -0.2) is 10.4 Å². The Labute approximate surface area is 320 Å². The van der Waals surface area contributed by atoms with E-state index in [0.29, 0.717) is 0 Å². The maximum atomic E-state index is 6.74. The van der Waals surface area contributed by atoms with Gasteiger partial charge in [0.1, 0.15) is 17.0 Å². The molecule has 0 fully saturated rings. The third-order valence-electron chi connectivity index (χ3n) is 11.2. The molecule has 0 saturated carbocycles. The lowest BCUT2D eigenvalue weighted by Gasteiger charge is -2.25. The molecular weight excluding hydrogens is 691 g/mol. The van der Waals surface area contributed by atoms with Gasteiger partial charge >= 0.3 is 0 Å². The van der Waals surface area contributed by atoms with Crippen molar-refractivity contribution in [2.45, 2.75) is 6.04 Å². The number of nitrogens with one attached hydrogen (secondary N) is 1. The number of rotatable bonds is 4. The second-order valence-electron chi connectivity index (χ2n) is 14.4. The highest BCUT2D eigenvalue weighted by atomic mass is 32.1. The normalized spacial score (nSPS) is 14.3. The van der Waals surface area contributed by atoms with E-state index in [0.717, 1.165) is 44.7 Å². The van der Waals surface area contributed by atoms with Gasteiger partial charge in [0.2, 0.25) is 0 Å². The third-order valence-corrected chi connectivity index (χ3v) is 12.5. The molecule has 4 nitrogen and oxygen atoms in total. The predicted molar refractivity (Wildman–Crippen MR) is 230 cm³/mol. The molecule has 1 N–H and O–H groups in total. The summed E-state index contributed by atoms with van der Waals surface area (Å²) < 4.78 is 10.4. The first-order valence-corrected chi connectivity index (χ1v) is 19.5. The number of hydrogen-bond donors (Lipinski definition) is 1. The largest absolute Gasteiger partial charge is 0.456 e. The average Bonchev–Trinajstić information content (AvgIpc) is 3.92. The lowest BCUT2D eigenvalue weighted by atomic mass is 10.0. The fraction of sp³-hybridized carbons (Fsp3) is 0.0200. The molecule has 0 saturated heterocycles. The summed E-state index contributed by atoms with van der Waals surface area (Å²) in [6.45, 7) is 0. The number of nitrogens with zero attached hydrogens (tertiary/aromatic N) is 2. The Morgan fingerprint density at radius 3 is 2.11 bits per heavy atom. The van der Waals surface area contributed by atoms with Gasteiger partial charge in [-0.25, -0.2) is 4.99 Å². The van der Waals surface area contributed by atoms with Crippen LogP contribution in [0.5, 0.6) is 0 Å². The van der Waals surface area contributed by atoms with Crippen LogP contribution < -0.4 is 5.32 Å². The van der Waals surface area contributed by atoms with Crippen LogP contribution in [0, 0.1) is 0 Å². The van der Waals surface area contributed by atoms with Gasteiger partial charge in [0.05, 0.1) is 27.6 Å². The molecular formula is C50H31N3OS. The number of amidine groups is 1. The molecule has 258 valence electrons. The molecule has 3 aromatic heterocycles. The van der Waals surface area contributed by atoms with Gasteiger partial charge in [-0.1, -0.05) is 121 Å². The van der Waals surface area contributed by atoms with Gasteiger partial charge in [-0.15, -0.1) is 11.3 Å². The van der Waals surface area contributed by atoms with Crippen molar-refractivity contribution in [3.05, 3.63) is 192 Å². The number of furan rings is 1. The zero-order chi connectivity index (χ0) is 36.0. The maximum Gasteiger partial charge on any atom is 0.137 e. The van der Waals surface area contributed by atoms with E-state index in [1.54, 1.807) is 0 Å². The van der Waals surface area contributed by atoms with Crippen LogP contribution in [-0.2, 0) is 0 Å². The van der Waals surface area contributed by atoms with Crippen molar-refractivity contribution in [3.8, 4) is 16.8 Å². The van der Waals surface area contributed by atoms with Crippen molar-refractivity contribution in [2.24, 2.45) is 4.99 Å².